The Bertz CT molecular complexity index is 2220. The van der Waals surface area contributed by atoms with Gasteiger partial charge in [-0.05, 0) is 53.7 Å². The number of carbonyl (C=O) groups excluding carboxylic acids is 5. The zero-order chi connectivity index (χ0) is 46.9. The maximum Gasteiger partial charge on any atom is 0.471 e. The third-order valence-electron chi connectivity index (χ3n) is 9.75. The van der Waals surface area contributed by atoms with Crippen LogP contribution in [0.2, 0.25) is 0 Å². The lowest BCUT2D eigenvalue weighted by molar-refractivity contribution is -0.298. The van der Waals surface area contributed by atoms with Crippen LogP contribution in [0.15, 0.2) is 52.2 Å². The number of carbonyl (C=O) groups is 7. The minimum absolute atomic E-state index is 0.0248. The molecule has 4 amide bonds. The van der Waals surface area contributed by atoms with Crippen LogP contribution in [0.25, 0.3) is 0 Å². The molecule has 3 aliphatic heterocycles. The van der Waals surface area contributed by atoms with Gasteiger partial charge in [0.2, 0.25) is 0 Å². The number of ether oxygens (including phenoxy) is 6. The molecule has 0 aliphatic carbocycles. The quantitative estimate of drug-likeness (QED) is 0.175. The van der Waals surface area contributed by atoms with E-state index in [0.717, 1.165) is 16.8 Å². The standard InChI is InChI=1S/C38H44F3N5O17/c1-36(2,3)32(54)62-20-16(42-31(53)38(39,40)41)14-17(28(49)50)58-30(20)61-22-19(44-34(56)45-26(48)15-10-8-7-9-11-15)21-23(59-25(22)29(51)52)24(63-33(55)37(4,5)6)27(60-21)46-13-12-18(47)43-35(46)57/h7-13,16-17,19-25,27,30H,14H2,1-6H3,(H,42,53)(H,49,50)(H,51,52)(H,43,47,57)(H2,44,45,48,56)/t16-,17-,19-,20+,21+,22+,23+,24+,25-,27+,30-/m0/s1. The Hall–Kier alpha value is -6.18. The SMILES string of the molecule is CC(C)(C)C(=O)O[C@@H]1[C@@H]2O[C@H](C(=O)O)[C@H](O[C@@H]3O[C@H](C(=O)O)C[C@H](NC(=O)C(F)(F)F)[C@H]3OC(=O)C(C)(C)C)[C@@H](NC(=O)NC(=O)c3ccccc3)[C@H]2O[C@H]1n1ccc(=O)[nH]c1=O. The van der Waals surface area contributed by atoms with Crippen LogP contribution >= 0.6 is 0 Å². The number of carboxylic acid groups (broad SMARTS) is 2. The summed E-state index contributed by atoms with van der Waals surface area (Å²) in [4.78, 5) is 118. The van der Waals surface area contributed by atoms with E-state index in [0.29, 0.717) is 0 Å². The number of imide groups is 1. The average molecular weight is 900 g/mol. The smallest absolute Gasteiger partial charge is 0.471 e. The van der Waals surface area contributed by atoms with Gasteiger partial charge in [0.05, 0.1) is 22.9 Å². The highest BCUT2D eigenvalue weighted by Crippen LogP contribution is 2.42. The summed E-state index contributed by atoms with van der Waals surface area (Å²) in [5.41, 5.74) is -4.66. The molecule has 0 unspecified atom stereocenters. The summed E-state index contributed by atoms with van der Waals surface area (Å²) in [6, 6.07) is 2.74. The van der Waals surface area contributed by atoms with Crippen molar-refractivity contribution >= 4 is 41.7 Å². The number of esters is 2. The number of nitrogens with zero attached hydrogens (tertiary/aromatic N) is 1. The fourth-order valence-corrected chi connectivity index (χ4v) is 6.58. The predicted molar refractivity (Wildman–Crippen MR) is 200 cm³/mol. The molecule has 11 atom stereocenters. The molecule has 1 aromatic carbocycles. The number of H-pyrrole nitrogens is 1. The number of halogens is 3. The summed E-state index contributed by atoms with van der Waals surface area (Å²) in [6.45, 7) is 8.38. The molecule has 63 heavy (non-hydrogen) atoms. The van der Waals surface area contributed by atoms with E-state index in [-0.39, 0.29) is 5.56 Å². The minimum atomic E-state index is -5.54. The second kappa shape index (κ2) is 18.3. The molecule has 3 fully saturated rings. The summed E-state index contributed by atoms with van der Waals surface area (Å²) in [5.74, 6) is -9.34. The molecule has 3 saturated heterocycles. The number of alkyl halides is 3. The second-order valence-electron chi connectivity index (χ2n) is 16.7. The van der Waals surface area contributed by atoms with Crippen molar-refractivity contribution in [2.75, 3.05) is 0 Å². The molecule has 4 heterocycles. The largest absolute Gasteiger partial charge is 0.479 e. The number of nitrogens with one attached hydrogen (secondary N) is 4. The third-order valence-corrected chi connectivity index (χ3v) is 9.75. The van der Waals surface area contributed by atoms with Crippen molar-refractivity contribution in [1.29, 1.82) is 0 Å². The Morgan fingerprint density at radius 3 is 1.92 bits per heavy atom. The number of benzene rings is 1. The van der Waals surface area contributed by atoms with Crippen LogP contribution in [0.4, 0.5) is 18.0 Å². The van der Waals surface area contributed by atoms with Crippen LogP contribution in [-0.2, 0) is 52.4 Å². The molecule has 0 radical (unpaired) electrons. The average Bonchev–Trinajstić information content (AvgIpc) is 3.52. The van der Waals surface area contributed by atoms with Crippen molar-refractivity contribution < 1.29 is 85.4 Å². The molecule has 0 saturated carbocycles. The third kappa shape index (κ3) is 11.1. The molecular formula is C38H44F3N5O17. The minimum Gasteiger partial charge on any atom is -0.479 e. The van der Waals surface area contributed by atoms with E-state index in [1.165, 1.54) is 65.8 Å². The van der Waals surface area contributed by atoms with Gasteiger partial charge in [0.25, 0.3) is 11.5 Å². The van der Waals surface area contributed by atoms with Gasteiger partial charge < -0.3 is 49.3 Å². The maximum absolute atomic E-state index is 13.7. The number of rotatable bonds is 10. The first-order valence-electron chi connectivity index (χ1n) is 19.0. The number of aliphatic carboxylic acids is 2. The second-order valence-corrected chi connectivity index (χ2v) is 16.7. The van der Waals surface area contributed by atoms with Crippen LogP contribution in [0.3, 0.4) is 0 Å². The Balaban J connectivity index is 1.65. The first kappa shape index (κ1) is 47.9. The van der Waals surface area contributed by atoms with Gasteiger partial charge >= 0.3 is 47.7 Å². The number of aromatic amines is 1. The number of aromatic nitrogens is 2. The van der Waals surface area contributed by atoms with Crippen molar-refractivity contribution in [3.05, 3.63) is 69.0 Å². The zero-order valence-electron chi connectivity index (χ0n) is 34.2. The first-order valence-corrected chi connectivity index (χ1v) is 19.0. The molecular weight excluding hydrogens is 855 g/mol. The highest BCUT2D eigenvalue weighted by Gasteiger charge is 2.62. The lowest BCUT2D eigenvalue weighted by atomic mass is 9.90. The Morgan fingerprint density at radius 1 is 0.778 bits per heavy atom. The van der Waals surface area contributed by atoms with E-state index < -0.39 is 144 Å². The topological polar surface area (TPSA) is 306 Å². The lowest BCUT2D eigenvalue weighted by Gasteiger charge is -2.46. The van der Waals surface area contributed by atoms with Gasteiger partial charge in [-0.25, -0.2) is 19.2 Å². The van der Waals surface area contributed by atoms with E-state index in [1.807, 2.05) is 10.3 Å². The maximum atomic E-state index is 13.7. The first-order chi connectivity index (χ1) is 29.2. The lowest BCUT2D eigenvalue weighted by Crippen LogP contribution is -2.69. The van der Waals surface area contributed by atoms with Crippen molar-refractivity contribution in [2.24, 2.45) is 10.8 Å². The van der Waals surface area contributed by atoms with Gasteiger partial charge in [0.15, 0.2) is 36.9 Å². The normalized spacial score (nSPS) is 28.4. The van der Waals surface area contributed by atoms with Crippen LogP contribution in [0.1, 0.15) is 64.5 Å². The van der Waals surface area contributed by atoms with Gasteiger partial charge in [-0.1, -0.05) is 18.2 Å². The molecule has 6 N–H and O–H groups in total. The summed E-state index contributed by atoms with van der Waals surface area (Å²) in [6.07, 6.45) is -23.9. The number of hydrogen-bond donors (Lipinski definition) is 6. The van der Waals surface area contributed by atoms with Crippen LogP contribution in [-0.4, -0.2) is 129 Å². The van der Waals surface area contributed by atoms with Gasteiger partial charge in [-0.15, -0.1) is 0 Å². The highest BCUT2D eigenvalue weighted by atomic mass is 19.4. The number of urea groups is 1. The van der Waals surface area contributed by atoms with Crippen LogP contribution in [0, 0.1) is 10.8 Å². The van der Waals surface area contributed by atoms with Gasteiger partial charge in [0.1, 0.15) is 18.3 Å². The summed E-state index contributed by atoms with van der Waals surface area (Å²) < 4.78 is 76.5. The van der Waals surface area contributed by atoms with E-state index in [4.69, 9.17) is 28.4 Å². The van der Waals surface area contributed by atoms with Crippen LogP contribution < -0.4 is 27.2 Å². The summed E-state index contributed by atoms with van der Waals surface area (Å²) in [7, 11) is 0. The Kier molecular flexibility index (Phi) is 13.9. The monoisotopic (exact) mass is 899 g/mol. The summed E-state index contributed by atoms with van der Waals surface area (Å²) >= 11 is 0. The van der Waals surface area contributed by atoms with E-state index in [2.05, 4.69) is 5.32 Å². The molecule has 3 aliphatic rings. The van der Waals surface area contributed by atoms with Crippen molar-refractivity contribution in [3.63, 3.8) is 0 Å². The van der Waals surface area contributed by atoms with E-state index >= 15 is 0 Å². The number of carboxylic acids is 2. The molecule has 0 bridgehead atoms. The zero-order valence-corrected chi connectivity index (χ0v) is 34.2. The fraction of sp³-hybridized carbons (Fsp3) is 0.553. The fourth-order valence-electron chi connectivity index (χ4n) is 6.58. The van der Waals surface area contributed by atoms with Crippen molar-refractivity contribution in [1.82, 2.24) is 25.5 Å². The highest BCUT2D eigenvalue weighted by molar-refractivity contribution is 6.04. The number of hydrogen-bond acceptors (Lipinski definition) is 15. The Labute approximate surface area is 353 Å². The molecule has 344 valence electrons. The van der Waals surface area contributed by atoms with Gasteiger partial charge in [-0.3, -0.25) is 38.8 Å². The van der Waals surface area contributed by atoms with Gasteiger partial charge in [-0.2, -0.15) is 13.2 Å². The number of amides is 4. The summed E-state index contributed by atoms with van der Waals surface area (Å²) in [5, 5.41) is 26.6. The molecule has 0 spiro atoms. The van der Waals surface area contributed by atoms with Crippen molar-refractivity contribution in [2.45, 2.75) is 121 Å². The molecule has 22 nitrogen and oxygen atoms in total. The van der Waals surface area contributed by atoms with E-state index in [1.54, 1.807) is 11.4 Å². The molecule has 1 aromatic heterocycles. The molecule has 5 rings (SSSR count). The van der Waals surface area contributed by atoms with Gasteiger partial charge in [0, 0.05) is 24.2 Å². The van der Waals surface area contributed by atoms with E-state index in [9.17, 15) is 66.5 Å². The van der Waals surface area contributed by atoms with Crippen LogP contribution in [0.5, 0.6) is 0 Å². The molecule has 2 aromatic rings. The Morgan fingerprint density at radius 2 is 1.38 bits per heavy atom. The predicted octanol–water partition coefficient (Wildman–Crippen LogP) is 0.342. The van der Waals surface area contributed by atoms with Crippen molar-refractivity contribution in [3.8, 4) is 0 Å². The molecule has 25 heteroatoms. The number of fused-ring (bicyclic) bond motifs is 1.